The van der Waals surface area contributed by atoms with E-state index in [0.717, 1.165) is 0 Å². The summed E-state index contributed by atoms with van der Waals surface area (Å²) in [5.74, 6) is -0.320. The number of hydrogen-bond acceptors (Lipinski definition) is 3. The number of benzene rings is 1. The number of halogens is 1. The highest BCUT2D eigenvalue weighted by Crippen LogP contribution is 2.20. The van der Waals surface area contributed by atoms with Crippen molar-refractivity contribution in [3.63, 3.8) is 0 Å². The Kier molecular flexibility index (Phi) is 4.58. The van der Waals surface area contributed by atoms with Crippen molar-refractivity contribution in [1.29, 1.82) is 0 Å². The first-order chi connectivity index (χ1) is 7.54. The standard InChI is InChI=1S/C11H14ClNO3/c1-7(16-2)6-13-11(15)9-5-8(14)3-4-10(9)12/h3-5,7,14H,6H2,1-2H3,(H,13,15). The lowest BCUT2D eigenvalue weighted by atomic mass is 10.2. The van der Waals surface area contributed by atoms with E-state index in [4.69, 9.17) is 16.3 Å². The minimum Gasteiger partial charge on any atom is -0.508 e. The van der Waals surface area contributed by atoms with Crippen molar-refractivity contribution in [2.75, 3.05) is 13.7 Å². The highest BCUT2D eigenvalue weighted by atomic mass is 35.5. The Morgan fingerprint density at radius 1 is 1.62 bits per heavy atom. The van der Waals surface area contributed by atoms with Crippen LogP contribution in [0.3, 0.4) is 0 Å². The van der Waals surface area contributed by atoms with Crippen LogP contribution >= 0.6 is 11.6 Å². The van der Waals surface area contributed by atoms with Crippen LogP contribution in [0.25, 0.3) is 0 Å². The highest BCUT2D eigenvalue weighted by Gasteiger charge is 2.11. The van der Waals surface area contributed by atoms with Gasteiger partial charge in [-0.1, -0.05) is 11.6 Å². The van der Waals surface area contributed by atoms with Crippen LogP contribution in [0.1, 0.15) is 17.3 Å². The maximum atomic E-state index is 11.7. The van der Waals surface area contributed by atoms with Gasteiger partial charge in [0.15, 0.2) is 0 Å². The third kappa shape index (κ3) is 3.40. The second kappa shape index (κ2) is 5.72. The van der Waals surface area contributed by atoms with E-state index in [-0.39, 0.29) is 23.3 Å². The zero-order chi connectivity index (χ0) is 12.1. The highest BCUT2D eigenvalue weighted by molar-refractivity contribution is 6.33. The summed E-state index contributed by atoms with van der Waals surface area (Å²) in [4.78, 5) is 11.7. The molecule has 0 saturated carbocycles. The van der Waals surface area contributed by atoms with E-state index in [0.29, 0.717) is 11.6 Å². The monoisotopic (exact) mass is 243 g/mol. The van der Waals surface area contributed by atoms with E-state index in [1.54, 1.807) is 7.11 Å². The number of rotatable bonds is 4. The second-order valence-electron chi connectivity index (χ2n) is 3.42. The van der Waals surface area contributed by atoms with Gasteiger partial charge in [-0.05, 0) is 25.1 Å². The molecule has 0 aromatic heterocycles. The van der Waals surface area contributed by atoms with E-state index in [2.05, 4.69) is 5.32 Å². The molecule has 1 unspecified atom stereocenters. The predicted molar refractivity (Wildman–Crippen MR) is 61.9 cm³/mol. The van der Waals surface area contributed by atoms with E-state index in [9.17, 15) is 9.90 Å². The summed E-state index contributed by atoms with van der Waals surface area (Å²) in [6, 6.07) is 4.23. The summed E-state index contributed by atoms with van der Waals surface area (Å²) < 4.78 is 4.99. The van der Waals surface area contributed by atoms with Crippen molar-refractivity contribution < 1.29 is 14.6 Å². The first-order valence-corrected chi connectivity index (χ1v) is 5.22. The number of ether oxygens (including phenoxy) is 1. The number of hydrogen-bond donors (Lipinski definition) is 2. The van der Waals surface area contributed by atoms with Crippen molar-refractivity contribution in [3.05, 3.63) is 28.8 Å². The molecule has 1 amide bonds. The lowest BCUT2D eigenvalue weighted by Gasteiger charge is -2.11. The van der Waals surface area contributed by atoms with Crippen LogP contribution in [0.5, 0.6) is 5.75 Å². The van der Waals surface area contributed by atoms with E-state index >= 15 is 0 Å². The summed E-state index contributed by atoms with van der Waals surface area (Å²) in [5.41, 5.74) is 0.255. The van der Waals surface area contributed by atoms with Gasteiger partial charge in [0.2, 0.25) is 0 Å². The van der Waals surface area contributed by atoms with Crippen LogP contribution in [0.15, 0.2) is 18.2 Å². The molecule has 2 N–H and O–H groups in total. The molecule has 0 fully saturated rings. The third-order valence-corrected chi connectivity index (χ3v) is 2.48. The Bertz CT molecular complexity index is 381. The summed E-state index contributed by atoms with van der Waals surface area (Å²) in [5, 5.41) is 12.2. The van der Waals surface area contributed by atoms with Crippen LogP contribution < -0.4 is 5.32 Å². The Hall–Kier alpha value is -1.26. The number of phenolic OH excluding ortho intramolecular Hbond substituents is 1. The minimum absolute atomic E-state index is 0.00865. The Morgan fingerprint density at radius 2 is 2.31 bits per heavy atom. The molecular formula is C11H14ClNO3. The number of aromatic hydroxyl groups is 1. The number of methoxy groups -OCH3 is 1. The number of phenols is 1. The molecule has 0 saturated heterocycles. The van der Waals surface area contributed by atoms with Crippen LogP contribution in [0.4, 0.5) is 0 Å². The second-order valence-corrected chi connectivity index (χ2v) is 3.83. The van der Waals surface area contributed by atoms with Gasteiger partial charge >= 0.3 is 0 Å². The molecule has 16 heavy (non-hydrogen) atoms. The number of amides is 1. The first-order valence-electron chi connectivity index (χ1n) is 4.84. The fraction of sp³-hybridized carbons (Fsp3) is 0.364. The van der Waals surface area contributed by atoms with Gasteiger partial charge in [0.25, 0.3) is 5.91 Å². The molecule has 0 spiro atoms. The van der Waals surface area contributed by atoms with Crippen molar-refractivity contribution in [1.82, 2.24) is 5.32 Å². The lowest BCUT2D eigenvalue weighted by molar-refractivity contribution is 0.0870. The number of carbonyl (C=O) groups is 1. The summed E-state index contributed by atoms with van der Waals surface area (Å²) >= 11 is 5.84. The average Bonchev–Trinajstić information content (AvgIpc) is 2.28. The van der Waals surface area contributed by atoms with Crippen LogP contribution in [-0.2, 0) is 4.74 Å². The SMILES string of the molecule is COC(C)CNC(=O)c1cc(O)ccc1Cl. The fourth-order valence-corrected chi connectivity index (χ4v) is 1.31. The summed E-state index contributed by atoms with van der Waals surface area (Å²) in [6.07, 6.45) is -0.0694. The molecular weight excluding hydrogens is 230 g/mol. The van der Waals surface area contributed by atoms with Crippen molar-refractivity contribution >= 4 is 17.5 Å². The smallest absolute Gasteiger partial charge is 0.253 e. The van der Waals surface area contributed by atoms with Crippen LogP contribution in [0, 0.1) is 0 Å². The average molecular weight is 244 g/mol. The molecule has 0 bridgehead atoms. The van der Waals surface area contributed by atoms with Gasteiger partial charge in [-0.15, -0.1) is 0 Å². The fourth-order valence-electron chi connectivity index (χ4n) is 1.10. The molecule has 1 aromatic rings. The molecule has 0 heterocycles. The predicted octanol–water partition coefficient (Wildman–Crippen LogP) is 1.81. The number of nitrogens with one attached hydrogen (secondary N) is 1. The minimum atomic E-state index is -0.329. The first kappa shape index (κ1) is 12.8. The van der Waals surface area contributed by atoms with Gasteiger partial charge in [0.1, 0.15) is 5.75 Å². The quantitative estimate of drug-likeness (QED) is 0.848. The van der Waals surface area contributed by atoms with Gasteiger partial charge in [0.05, 0.1) is 16.7 Å². The third-order valence-electron chi connectivity index (χ3n) is 2.15. The maximum Gasteiger partial charge on any atom is 0.253 e. The number of carbonyl (C=O) groups excluding carboxylic acids is 1. The topological polar surface area (TPSA) is 58.6 Å². The normalized spacial score (nSPS) is 12.2. The molecule has 1 aromatic carbocycles. The van der Waals surface area contributed by atoms with Gasteiger partial charge < -0.3 is 15.2 Å². The Morgan fingerprint density at radius 3 is 2.94 bits per heavy atom. The largest absolute Gasteiger partial charge is 0.508 e. The van der Waals surface area contributed by atoms with Gasteiger partial charge in [0, 0.05) is 13.7 Å². The van der Waals surface area contributed by atoms with E-state index in [1.165, 1.54) is 18.2 Å². The zero-order valence-electron chi connectivity index (χ0n) is 9.16. The molecule has 1 rings (SSSR count). The Labute approximate surface area is 99.2 Å². The molecule has 4 nitrogen and oxygen atoms in total. The molecule has 1 atom stereocenters. The molecule has 0 radical (unpaired) electrons. The van der Waals surface area contributed by atoms with Crippen molar-refractivity contribution in [3.8, 4) is 5.75 Å². The molecule has 0 aliphatic carbocycles. The van der Waals surface area contributed by atoms with Gasteiger partial charge in [-0.25, -0.2) is 0 Å². The lowest BCUT2D eigenvalue weighted by Crippen LogP contribution is -2.31. The summed E-state index contributed by atoms with van der Waals surface area (Å²) in [7, 11) is 1.57. The summed E-state index contributed by atoms with van der Waals surface area (Å²) in [6.45, 7) is 2.23. The van der Waals surface area contributed by atoms with Crippen LogP contribution in [-0.4, -0.2) is 30.8 Å². The molecule has 0 aliphatic rings. The van der Waals surface area contributed by atoms with E-state index < -0.39 is 0 Å². The maximum absolute atomic E-state index is 11.7. The molecule has 0 aliphatic heterocycles. The van der Waals surface area contributed by atoms with Crippen LogP contribution in [0.2, 0.25) is 5.02 Å². The Balaban J connectivity index is 2.69. The van der Waals surface area contributed by atoms with Crippen molar-refractivity contribution in [2.45, 2.75) is 13.0 Å². The van der Waals surface area contributed by atoms with Gasteiger partial charge in [-0.3, -0.25) is 4.79 Å². The van der Waals surface area contributed by atoms with Crippen molar-refractivity contribution in [2.24, 2.45) is 0 Å². The van der Waals surface area contributed by atoms with Gasteiger partial charge in [-0.2, -0.15) is 0 Å². The zero-order valence-corrected chi connectivity index (χ0v) is 9.91. The molecule has 88 valence electrons. The molecule has 5 heteroatoms. The van der Waals surface area contributed by atoms with E-state index in [1.807, 2.05) is 6.92 Å².